The molecule has 4 nitrogen and oxygen atoms in total. The van der Waals surface area contributed by atoms with Gasteiger partial charge in [-0.2, -0.15) is 0 Å². The molecule has 1 unspecified atom stereocenters. The Morgan fingerprint density at radius 2 is 2.06 bits per heavy atom. The standard InChI is InChI=1S/C13H19BrN2O2/c1-9(14)8-16-10(2)11(17)15-13(12(16)18)6-4-3-5-7-13/h10H,1,3-8H2,2H3,(H,15,17). The summed E-state index contributed by atoms with van der Waals surface area (Å²) in [4.78, 5) is 26.3. The SMILES string of the molecule is C=C(Br)CN1C(=O)C2(CCCCC2)NC(=O)C1C. The molecule has 2 fully saturated rings. The van der Waals surface area contributed by atoms with Crippen molar-refractivity contribution in [3.63, 3.8) is 0 Å². The van der Waals surface area contributed by atoms with Gasteiger partial charge in [-0.1, -0.05) is 41.8 Å². The highest BCUT2D eigenvalue weighted by Crippen LogP contribution is 2.33. The van der Waals surface area contributed by atoms with E-state index in [1.807, 2.05) is 0 Å². The molecular formula is C13H19BrN2O2. The van der Waals surface area contributed by atoms with Gasteiger partial charge in [0.25, 0.3) is 0 Å². The van der Waals surface area contributed by atoms with Gasteiger partial charge in [-0.25, -0.2) is 0 Å². The number of hydrogen-bond acceptors (Lipinski definition) is 2. The third kappa shape index (κ3) is 2.32. The number of nitrogens with one attached hydrogen (secondary N) is 1. The van der Waals surface area contributed by atoms with Crippen LogP contribution < -0.4 is 5.32 Å². The maximum Gasteiger partial charge on any atom is 0.249 e. The molecule has 1 heterocycles. The van der Waals surface area contributed by atoms with Gasteiger partial charge in [0.2, 0.25) is 11.8 Å². The molecule has 18 heavy (non-hydrogen) atoms. The van der Waals surface area contributed by atoms with Crippen molar-refractivity contribution >= 4 is 27.7 Å². The van der Waals surface area contributed by atoms with Gasteiger partial charge in [-0.15, -0.1) is 0 Å². The number of carbonyl (C=O) groups is 2. The van der Waals surface area contributed by atoms with Crippen LogP contribution in [0.25, 0.3) is 0 Å². The van der Waals surface area contributed by atoms with Crippen LogP contribution in [-0.2, 0) is 9.59 Å². The Bertz CT molecular complexity index is 388. The molecule has 1 N–H and O–H groups in total. The van der Waals surface area contributed by atoms with Crippen molar-refractivity contribution in [2.75, 3.05) is 6.54 Å². The van der Waals surface area contributed by atoms with Gasteiger partial charge in [-0.05, 0) is 19.8 Å². The highest BCUT2D eigenvalue weighted by Gasteiger charge is 2.49. The van der Waals surface area contributed by atoms with E-state index in [1.54, 1.807) is 11.8 Å². The van der Waals surface area contributed by atoms with E-state index in [-0.39, 0.29) is 11.8 Å². The zero-order valence-corrected chi connectivity index (χ0v) is 12.3. The van der Waals surface area contributed by atoms with Crippen LogP contribution in [0.2, 0.25) is 0 Å². The second kappa shape index (κ2) is 5.03. The van der Waals surface area contributed by atoms with Gasteiger partial charge < -0.3 is 10.2 Å². The summed E-state index contributed by atoms with van der Waals surface area (Å²) in [6, 6.07) is -0.417. The van der Waals surface area contributed by atoms with Gasteiger partial charge in [-0.3, -0.25) is 9.59 Å². The Hall–Kier alpha value is -0.840. The fraction of sp³-hybridized carbons (Fsp3) is 0.692. The highest BCUT2D eigenvalue weighted by atomic mass is 79.9. The highest BCUT2D eigenvalue weighted by molar-refractivity contribution is 9.11. The van der Waals surface area contributed by atoms with E-state index in [0.29, 0.717) is 6.54 Å². The van der Waals surface area contributed by atoms with Crippen molar-refractivity contribution in [3.05, 3.63) is 11.1 Å². The maximum absolute atomic E-state index is 12.6. The maximum atomic E-state index is 12.6. The first-order chi connectivity index (χ1) is 8.46. The van der Waals surface area contributed by atoms with Gasteiger partial charge in [0.05, 0.1) is 6.54 Å². The number of piperazine rings is 1. The van der Waals surface area contributed by atoms with Crippen molar-refractivity contribution in [3.8, 4) is 0 Å². The lowest BCUT2D eigenvalue weighted by Gasteiger charge is -2.46. The average Bonchev–Trinajstić information content (AvgIpc) is 2.33. The molecule has 100 valence electrons. The molecule has 5 heteroatoms. The van der Waals surface area contributed by atoms with Crippen molar-refractivity contribution in [2.24, 2.45) is 0 Å². The van der Waals surface area contributed by atoms with Crippen LogP contribution in [-0.4, -0.2) is 34.8 Å². The topological polar surface area (TPSA) is 49.4 Å². The number of rotatable bonds is 2. The van der Waals surface area contributed by atoms with Crippen LogP contribution in [0, 0.1) is 0 Å². The second-order valence-electron chi connectivity index (χ2n) is 5.26. The van der Waals surface area contributed by atoms with Crippen LogP contribution in [0.3, 0.4) is 0 Å². The van der Waals surface area contributed by atoms with E-state index < -0.39 is 11.6 Å². The van der Waals surface area contributed by atoms with Crippen LogP contribution in [0.15, 0.2) is 11.1 Å². The van der Waals surface area contributed by atoms with E-state index in [0.717, 1.165) is 36.6 Å². The zero-order valence-electron chi connectivity index (χ0n) is 10.7. The minimum atomic E-state index is -0.649. The summed E-state index contributed by atoms with van der Waals surface area (Å²) >= 11 is 3.28. The molecule has 1 atom stereocenters. The number of hydrogen-bond donors (Lipinski definition) is 1. The summed E-state index contributed by atoms with van der Waals surface area (Å²) in [6.45, 7) is 5.93. The predicted molar refractivity (Wildman–Crippen MR) is 73.2 cm³/mol. The Kier molecular flexibility index (Phi) is 3.80. The fourth-order valence-corrected chi connectivity index (χ4v) is 3.14. The first-order valence-corrected chi connectivity index (χ1v) is 7.22. The molecule has 2 aliphatic rings. The third-order valence-corrected chi connectivity index (χ3v) is 4.18. The van der Waals surface area contributed by atoms with Crippen LogP contribution >= 0.6 is 15.9 Å². The van der Waals surface area contributed by atoms with Gasteiger partial charge >= 0.3 is 0 Å². The summed E-state index contributed by atoms with van der Waals surface area (Å²) < 4.78 is 0.725. The first-order valence-electron chi connectivity index (χ1n) is 6.43. The van der Waals surface area contributed by atoms with Crippen molar-refractivity contribution < 1.29 is 9.59 Å². The molecule has 0 aromatic carbocycles. The van der Waals surface area contributed by atoms with E-state index >= 15 is 0 Å². The molecule has 1 saturated heterocycles. The molecule has 2 rings (SSSR count). The van der Waals surface area contributed by atoms with Gasteiger partial charge in [0, 0.05) is 4.48 Å². The Morgan fingerprint density at radius 3 is 2.61 bits per heavy atom. The van der Waals surface area contributed by atoms with Gasteiger partial charge in [0.15, 0.2) is 0 Å². The van der Waals surface area contributed by atoms with E-state index in [9.17, 15) is 9.59 Å². The molecule has 0 bridgehead atoms. The second-order valence-corrected chi connectivity index (χ2v) is 6.38. The third-order valence-electron chi connectivity index (χ3n) is 3.93. The molecule has 1 spiro atoms. The number of amides is 2. The van der Waals surface area contributed by atoms with E-state index in [2.05, 4.69) is 27.8 Å². The molecule has 1 aliphatic carbocycles. The lowest BCUT2D eigenvalue weighted by atomic mass is 9.78. The molecule has 0 aromatic rings. The largest absolute Gasteiger partial charge is 0.340 e. The lowest BCUT2D eigenvalue weighted by Crippen LogP contribution is -2.70. The fourth-order valence-electron chi connectivity index (χ4n) is 2.87. The van der Waals surface area contributed by atoms with Crippen molar-refractivity contribution in [1.82, 2.24) is 10.2 Å². The monoisotopic (exact) mass is 314 g/mol. The Morgan fingerprint density at radius 1 is 1.44 bits per heavy atom. The molecule has 1 aliphatic heterocycles. The van der Waals surface area contributed by atoms with Gasteiger partial charge in [0.1, 0.15) is 11.6 Å². The molecular weight excluding hydrogens is 296 g/mol. The van der Waals surface area contributed by atoms with Crippen molar-refractivity contribution in [1.29, 1.82) is 0 Å². The summed E-state index contributed by atoms with van der Waals surface area (Å²) in [5.74, 6) is 0.000139. The summed E-state index contributed by atoms with van der Waals surface area (Å²) in [5, 5.41) is 2.96. The normalized spacial score (nSPS) is 27.2. The Balaban J connectivity index is 2.26. The first kappa shape index (κ1) is 13.6. The smallest absolute Gasteiger partial charge is 0.249 e. The molecule has 2 amide bonds. The summed E-state index contributed by atoms with van der Waals surface area (Å²) in [5.41, 5.74) is -0.649. The van der Waals surface area contributed by atoms with Crippen LogP contribution in [0.5, 0.6) is 0 Å². The number of nitrogens with zero attached hydrogens (tertiary/aromatic N) is 1. The van der Waals surface area contributed by atoms with E-state index in [1.165, 1.54) is 0 Å². The van der Waals surface area contributed by atoms with Crippen LogP contribution in [0.1, 0.15) is 39.0 Å². The zero-order chi connectivity index (χ0) is 13.3. The predicted octanol–water partition coefficient (Wildman–Crippen LogP) is 1.94. The minimum absolute atomic E-state index is 0.0507. The minimum Gasteiger partial charge on any atom is -0.340 e. The Labute approximate surface area is 116 Å². The summed E-state index contributed by atoms with van der Waals surface area (Å²) in [7, 11) is 0. The lowest BCUT2D eigenvalue weighted by molar-refractivity contribution is -0.155. The number of carbonyl (C=O) groups excluding carboxylic acids is 2. The quantitative estimate of drug-likeness (QED) is 0.847. The van der Waals surface area contributed by atoms with Crippen molar-refractivity contribution in [2.45, 2.75) is 50.6 Å². The molecule has 0 aromatic heterocycles. The molecule has 1 saturated carbocycles. The number of halogens is 1. The summed E-state index contributed by atoms with van der Waals surface area (Å²) in [6.07, 6.45) is 4.67. The molecule has 0 radical (unpaired) electrons. The van der Waals surface area contributed by atoms with Crippen LogP contribution in [0.4, 0.5) is 0 Å². The van der Waals surface area contributed by atoms with E-state index in [4.69, 9.17) is 0 Å². The average molecular weight is 315 g/mol.